The Morgan fingerprint density at radius 3 is 2.84 bits per heavy atom. The second-order valence-corrected chi connectivity index (χ2v) is 6.41. The fourth-order valence-electron chi connectivity index (χ4n) is 3.25. The zero-order chi connectivity index (χ0) is 17.5. The van der Waals surface area contributed by atoms with Crippen LogP contribution in [-0.4, -0.2) is 30.6 Å². The molecule has 0 spiro atoms. The van der Waals surface area contributed by atoms with Crippen molar-refractivity contribution in [3.63, 3.8) is 0 Å². The van der Waals surface area contributed by atoms with E-state index in [4.69, 9.17) is 4.74 Å². The SMILES string of the molecule is COc1ccccc1CCNc1cncc(C(=O)NC2CCCC2)c1. The Labute approximate surface area is 148 Å². The highest BCUT2D eigenvalue weighted by molar-refractivity contribution is 5.94. The monoisotopic (exact) mass is 339 g/mol. The van der Waals surface area contributed by atoms with E-state index in [0.29, 0.717) is 11.6 Å². The standard InChI is InChI=1S/C20H25N3O2/c1-25-19-9-5-2-6-15(19)10-11-22-18-12-16(13-21-14-18)20(24)23-17-7-3-4-8-17/h2,5-6,9,12-14,17,22H,3-4,7-8,10-11H2,1H3,(H,23,24). The van der Waals surface area contributed by atoms with Crippen molar-refractivity contribution in [2.75, 3.05) is 19.0 Å². The maximum Gasteiger partial charge on any atom is 0.253 e. The molecule has 1 fully saturated rings. The minimum atomic E-state index is -0.0345. The van der Waals surface area contributed by atoms with Gasteiger partial charge < -0.3 is 15.4 Å². The number of nitrogens with one attached hydrogen (secondary N) is 2. The van der Waals surface area contributed by atoms with Crippen molar-refractivity contribution in [2.24, 2.45) is 0 Å². The minimum Gasteiger partial charge on any atom is -0.496 e. The van der Waals surface area contributed by atoms with Crippen LogP contribution in [0.2, 0.25) is 0 Å². The van der Waals surface area contributed by atoms with Crippen LogP contribution in [0, 0.1) is 0 Å². The maximum atomic E-state index is 12.3. The molecule has 1 amide bonds. The molecule has 0 atom stereocenters. The molecule has 1 aliphatic rings. The molecule has 2 N–H and O–H groups in total. The van der Waals surface area contributed by atoms with Crippen molar-refractivity contribution < 1.29 is 9.53 Å². The molecule has 0 radical (unpaired) electrons. The van der Waals surface area contributed by atoms with E-state index in [2.05, 4.69) is 21.7 Å². The van der Waals surface area contributed by atoms with Gasteiger partial charge in [0, 0.05) is 25.0 Å². The Kier molecular flexibility index (Phi) is 5.88. The summed E-state index contributed by atoms with van der Waals surface area (Å²) in [7, 11) is 1.68. The first-order valence-electron chi connectivity index (χ1n) is 8.88. The van der Waals surface area contributed by atoms with Crippen LogP contribution in [0.25, 0.3) is 0 Å². The van der Waals surface area contributed by atoms with Crippen molar-refractivity contribution in [2.45, 2.75) is 38.1 Å². The number of anilines is 1. The molecule has 25 heavy (non-hydrogen) atoms. The van der Waals surface area contributed by atoms with Crippen LogP contribution in [0.5, 0.6) is 5.75 Å². The second kappa shape index (κ2) is 8.51. The number of aromatic nitrogens is 1. The molecular weight excluding hydrogens is 314 g/mol. The number of para-hydroxylation sites is 1. The van der Waals surface area contributed by atoms with Gasteiger partial charge in [0.2, 0.25) is 0 Å². The molecule has 5 heteroatoms. The molecule has 1 heterocycles. The average molecular weight is 339 g/mol. The summed E-state index contributed by atoms with van der Waals surface area (Å²) in [6, 6.07) is 10.2. The third kappa shape index (κ3) is 4.72. The average Bonchev–Trinajstić information content (AvgIpc) is 3.15. The third-order valence-electron chi connectivity index (χ3n) is 4.61. The van der Waals surface area contributed by atoms with Gasteiger partial charge in [-0.05, 0) is 37.0 Å². The lowest BCUT2D eigenvalue weighted by atomic mass is 10.1. The Morgan fingerprint density at radius 1 is 1.24 bits per heavy atom. The van der Waals surface area contributed by atoms with Crippen LogP contribution in [0.3, 0.4) is 0 Å². The van der Waals surface area contributed by atoms with E-state index < -0.39 is 0 Å². The number of benzene rings is 1. The Bertz CT molecular complexity index is 712. The van der Waals surface area contributed by atoms with Crippen LogP contribution < -0.4 is 15.4 Å². The summed E-state index contributed by atoms with van der Waals surface area (Å²) in [6.45, 7) is 0.746. The first kappa shape index (κ1) is 17.3. The summed E-state index contributed by atoms with van der Waals surface area (Å²) in [5.74, 6) is 0.861. The Morgan fingerprint density at radius 2 is 2.04 bits per heavy atom. The topological polar surface area (TPSA) is 63.2 Å². The number of ether oxygens (including phenoxy) is 1. The van der Waals surface area contributed by atoms with Crippen LogP contribution in [0.1, 0.15) is 41.6 Å². The highest BCUT2D eigenvalue weighted by Crippen LogP contribution is 2.19. The first-order valence-corrected chi connectivity index (χ1v) is 8.88. The zero-order valence-electron chi connectivity index (χ0n) is 14.6. The number of amides is 1. The first-order chi connectivity index (χ1) is 12.3. The number of rotatable bonds is 7. The van der Waals surface area contributed by atoms with E-state index in [1.165, 1.54) is 12.8 Å². The van der Waals surface area contributed by atoms with Gasteiger partial charge in [-0.3, -0.25) is 9.78 Å². The smallest absolute Gasteiger partial charge is 0.253 e. The van der Waals surface area contributed by atoms with Crippen molar-refractivity contribution in [1.82, 2.24) is 10.3 Å². The van der Waals surface area contributed by atoms with Gasteiger partial charge in [-0.2, -0.15) is 0 Å². The van der Waals surface area contributed by atoms with Gasteiger partial charge in [0.15, 0.2) is 0 Å². The highest BCUT2D eigenvalue weighted by atomic mass is 16.5. The summed E-state index contributed by atoms with van der Waals surface area (Å²) in [4.78, 5) is 16.5. The molecule has 3 rings (SSSR count). The molecule has 1 aliphatic carbocycles. The molecule has 1 saturated carbocycles. The minimum absolute atomic E-state index is 0.0345. The van der Waals surface area contributed by atoms with Gasteiger partial charge in [0.05, 0.1) is 18.4 Å². The van der Waals surface area contributed by atoms with Crippen LogP contribution in [-0.2, 0) is 6.42 Å². The van der Waals surface area contributed by atoms with Crippen LogP contribution in [0.15, 0.2) is 42.7 Å². The largest absolute Gasteiger partial charge is 0.496 e. The normalized spacial score (nSPS) is 14.3. The van der Waals surface area contributed by atoms with Gasteiger partial charge >= 0.3 is 0 Å². The van der Waals surface area contributed by atoms with Gasteiger partial charge in [-0.15, -0.1) is 0 Å². The van der Waals surface area contributed by atoms with E-state index >= 15 is 0 Å². The molecule has 0 unspecified atom stereocenters. The molecule has 0 saturated heterocycles. The summed E-state index contributed by atoms with van der Waals surface area (Å²) in [5, 5.41) is 6.43. The van der Waals surface area contributed by atoms with Crippen molar-refractivity contribution in [1.29, 1.82) is 0 Å². The Balaban J connectivity index is 1.55. The number of hydrogen-bond acceptors (Lipinski definition) is 4. The summed E-state index contributed by atoms with van der Waals surface area (Å²) < 4.78 is 5.37. The molecule has 2 aromatic rings. The zero-order valence-corrected chi connectivity index (χ0v) is 14.6. The van der Waals surface area contributed by atoms with Gasteiger partial charge in [-0.25, -0.2) is 0 Å². The van der Waals surface area contributed by atoms with E-state index in [1.54, 1.807) is 19.5 Å². The molecule has 0 aliphatic heterocycles. The number of carbonyl (C=O) groups excluding carboxylic acids is 1. The van der Waals surface area contributed by atoms with Crippen molar-refractivity contribution in [3.8, 4) is 5.75 Å². The van der Waals surface area contributed by atoms with Gasteiger partial charge in [0.25, 0.3) is 5.91 Å². The number of pyridine rings is 1. The van der Waals surface area contributed by atoms with E-state index in [-0.39, 0.29) is 5.91 Å². The van der Waals surface area contributed by atoms with Gasteiger partial charge in [0.1, 0.15) is 5.75 Å². The summed E-state index contributed by atoms with van der Waals surface area (Å²) >= 11 is 0. The van der Waals surface area contributed by atoms with Crippen molar-refractivity contribution >= 4 is 11.6 Å². The maximum absolute atomic E-state index is 12.3. The second-order valence-electron chi connectivity index (χ2n) is 6.41. The molecule has 132 valence electrons. The predicted molar refractivity (Wildman–Crippen MR) is 99.1 cm³/mol. The Hall–Kier alpha value is -2.56. The molecule has 1 aromatic carbocycles. The fraction of sp³-hybridized carbons (Fsp3) is 0.400. The molecular formula is C20H25N3O2. The highest BCUT2D eigenvalue weighted by Gasteiger charge is 2.18. The van der Waals surface area contributed by atoms with Crippen LogP contribution in [0.4, 0.5) is 5.69 Å². The number of nitrogens with zero attached hydrogens (tertiary/aromatic N) is 1. The van der Waals surface area contributed by atoms with Crippen molar-refractivity contribution in [3.05, 3.63) is 53.9 Å². The lowest BCUT2D eigenvalue weighted by Crippen LogP contribution is -2.32. The molecule has 5 nitrogen and oxygen atoms in total. The quantitative estimate of drug-likeness (QED) is 0.811. The number of carbonyl (C=O) groups is 1. The lowest BCUT2D eigenvalue weighted by Gasteiger charge is -2.13. The lowest BCUT2D eigenvalue weighted by molar-refractivity contribution is 0.0937. The summed E-state index contributed by atoms with van der Waals surface area (Å²) in [5.41, 5.74) is 2.61. The van der Waals surface area contributed by atoms with Crippen LogP contribution >= 0.6 is 0 Å². The number of hydrogen-bond donors (Lipinski definition) is 2. The van der Waals surface area contributed by atoms with Gasteiger partial charge in [-0.1, -0.05) is 31.0 Å². The van der Waals surface area contributed by atoms with E-state index in [0.717, 1.165) is 42.8 Å². The molecule has 0 bridgehead atoms. The summed E-state index contributed by atoms with van der Waals surface area (Å²) in [6.07, 6.45) is 8.76. The predicted octanol–water partition coefficient (Wildman–Crippen LogP) is 3.42. The van der Waals surface area contributed by atoms with E-state index in [9.17, 15) is 4.79 Å². The number of methoxy groups -OCH3 is 1. The third-order valence-corrected chi connectivity index (χ3v) is 4.61. The van der Waals surface area contributed by atoms with E-state index in [1.807, 2.05) is 24.3 Å². The fourth-order valence-corrected chi connectivity index (χ4v) is 3.25. The molecule has 1 aromatic heterocycles.